The second-order valence-corrected chi connectivity index (χ2v) is 9.50. The van der Waals surface area contributed by atoms with E-state index in [-0.39, 0.29) is 16.7 Å². The highest BCUT2D eigenvalue weighted by molar-refractivity contribution is 7.92. The Kier molecular flexibility index (Phi) is 5.25. The first-order valence-electron chi connectivity index (χ1n) is 10.0. The third-order valence-electron chi connectivity index (χ3n) is 5.80. The number of rotatable bonds is 5. The Morgan fingerprint density at radius 1 is 1.14 bits per heavy atom. The summed E-state index contributed by atoms with van der Waals surface area (Å²) in [5.74, 6) is 0.768. The number of amides is 1. The molecule has 2 aromatic rings. The Balaban J connectivity index is 1.62. The quantitative estimate of drug-likeness (QED) is 0.806. The molecule has 4 rings (SSSR count). The molecule has 6 nitrogen and oxygen atoms in total. The summed E-state index contributed by atoms with van der Waals surface area (Å²) in [6.45, 7) is 2.59. The first-order valence-corrected chi connectivity index (χ1v) is 11.5. The average molecular weight is 415 g/mol. The van der Waals surface area contributed by atoms with Crippen LogP contribution in [-0.4, -0.2) is 28.0 Å². The van der Waals surface area contributed by atoms with Gasteiger partial charge < -0.3 is 9.64 Å². The normalized spacial score (nSPS) is 16.7. The lowest BCUT2D eigenvalue weighted by molar-refractivity contribution is -0.124. The molecule has 154 valence electrons. The van der Waals surface area contributed by atoms with Crippen LogP contribution in [0, 0.1) is 12.8 Å². The molecule has 0 spiro atoms. The van der Waals surface area contributed by atoms with Crippen molar-refractivity contribution in [2.75, 3.05) is 23.3 Å². The Bertz CT molecular complexity index is 1040. The fourth-order valence-electron chi connectivity index (χ4n) is 3.95. The summed E-state index contributed by atoms with van der Waals surface area (Å²) in [6.07, 6.45) is 4.64. The van der Waals surface area contributed by atoms with Crippen molar-refractivity contribution in [1.29, 1.82) is 0 Å². The molecule has 1 fully saturated rings. The second kappa shape index (κ2) is 7.71. The van der Waals surface area contributed by atoms with Crippen molar-refractivity contribution in [2.24, 2.45) is 5.92 Å². The average Bonchev–Trinajstić information content (AvgIpc) is 2.65. The van der Waals surface area contributed by atoms with E-state index in [0.29, 0.717) is 18.0 Å². The second-order valence-electron chi connectivity index (χ2n) is 7.82. The molecule has 0 bridgehead atoms. The Morgan fingerprint density at radius 2 is 1.93 bits per heavy atom. The molecule has 1 N–H and O–H groups in total. The summed E-state index contributed by atoms with van der Waals surface area (Å²) in [5.41, 5.74) is 3.09. The number of methoxy groups -OCH3 is 1. The number of nitrogens with zero attached hydrogens (tertiary/aromatic N) is 1. The van der Waals surface area contributed by atoms with Gasteiger partial charge in [-0.2, -0.15) is 0 Å². The zero-order valence-electron chi connectivity index (χ0n) is 16.8. The van der Waals surface area contributed by atoms with Crippen molar-refractivity contribution >= 4 is 27.3 Å². The van der Waals surface area contributed by atoms with Gasteiger partial charge >= 0.3 is 0 Å². The number of ether oxygens (including phenoxy) is 1. The summed E-state index contributed by atoms with van der Waals surface area (Å²) < 4.78 is 33.9. The van der Waals surface area contributed by atoms with Crippen LogP contribution < -0.4 is 14.4 Å². The molecule has 1 aliphatic heterocycles. The van der Waals surface area contributed by atoms with Gasteiger partial charge in [0.2, 0.25) is 5.91 Å². The minimum absolute atomic E-state index is 0.125. The molecule has 0 saturated heterocycles. The maximum absolute atomic E-state index is 13.0. The van der Waals surface area contributed by atoms with Gasteiger partial charge in [0, 0.05) is 18.2 Å². The zero-order valence-corrected chi connectivity index (χ0v) is 17.6. The molecule has 0 radical (unpaired) electrons. The minimum Gasteiger partial charge on any atom is -0.495 e. The van der Waals surface area contributed by atoms with Gasteiger partial charge in [0.25, 0.3) is 10.0 Å². The molecule has 29 heavy (non-hydrogen) atoms. The fourth-order valence-corrected chi connectivity index (χ4v) is 5.06. The third-order valence-corrected chi connectivity index (χ3v) is 7.16. The number of carbonyl (C=O) groups is 1. The zero-order chi connectivity index (χ0) is 20.6. The number of nitrogens with one attached hydrogen (secondary N) is 1. The van der Waals surface area contributed by atoms with E-state index in [1.165, 1.54) is 7.11 Å². The van der Waals surface area contributed by atoms with E-state index in [4.69, 9.17) is 4.74 Å². The number of benzene rings is 2. The van der Waals surface area contributed by atoms with E-state index in [2.05, 4.69) is 4.72 Å². The van der Waals surface area contributed by atoms with Gasteiger partial charge in [0.1, 0.15) is 5.75 Å². The lowest BCUT2D eigenvalue weighted by Crippen LogP contribution is -2.41. The Labute approximate surface area is 171 Å². The molecule has 1 heterocycles. The highest BCUT2D eigenvalue weighted by Crippen LogP contribution is 2.35. The molecule has 7 heteroatoms. The van der Waals surface area contributed by atoms with Gasteiger partial charge in [-0.05, 0) is 74.1 Å². The van der Waals surface area contributed by atoms with Crippen molar-refractivity contribution < 1.29 is 17.9 Å². The monoisotopic (exact) mass is 414 g/mol. The van der Waals surface area contributed by atoms with E-state index < -0.39 is 10.0 Å². The number of aryl methyl sites for hydroxylation is 2. The molecule has 0 unspecified atom stereocenters. The molecule has 1 aliphatic carbocycles. The van der Waals surface area contributed by atoms with Crippen LogP contribution in [0.15, 0.2) is 41.3 Å². The molecule has 2 aromatic carbocycles. The summed E-state index contributed by atoms with van der Waals surface area (Å²) in [7, 11) is -2.27. The van der Waals surface area contributed by atoms with Gasteiger partial charge in [-0.1, -0.05) is 12.5 Å². The number of hydrogen-bond donors (Lipinski definition) is 1. The SMILES string of the molecule is COc1ccc(C)cc1NS(=O)(=O)c1ccc2c(c1)CCCN2C(=O)C1CCC1. The molecular formula is C22H26N2O4S. The smallest absolute Gasteiger partial charge is 0.262 e. The van der Waals surface area contributed by atoms with Gasteiger partial charge in [-0.25, -0.2) is 8.42 Å². The summed E-state index contributed by atoms with van der Waals surface area (Å²) >= 11 is 0. The number of carbonyl (C=O) groups excluding carboxylic acids is 1. The van der Waals surface area contributed by atoms with E-state index >= 15 is 0 Å². The van der Waals surface area contributed by atoms with Crippen LogP contribution in [0.4, 0.5) is 11.4 Å². The number of fused-ring (bicyclic) bond motifs is 1. The van der Waals surface area contributed by atoms with Crippen LogP contribution in [-0.2, 0) is 21.2 Å². The summed E-state index contributed by atoms with van der Waals surface area (Å²) in [6, 6.07) is 10.4. The first kappa shape index (κ1) is 19.8. The standard InChI is InChI=1S/C22H26N2O4S/c1-15-8-11-21(28-2)19(13-15)23-29(26,27)18-9-10-20-17(14-18)7-4-12-24(20)22(25)16-5-3-6-16/h8-11,13-14,16,23H,3-7,12H2,1-2H3. The third kappa shape index (κ3) is 3.83. The predicted molar refractivity (Wildman–Crippen MR) is 113 cm³/mol. The maximum Gasteiger partial charge on any atom is 0.262 e. The number of hydrogen-bond acceptors (Lipinski definition) is 4. The minimum atomic E-state index is -3.78. The predicted octanol–water partition coefficient (Wildman–Crippen LogP) is 3.88. The highest BCUT2D eigenvalue weighted by atomic mass is 32.2. The van der Waals surface area contributed by atoms with Gasteiger partial charge in [-0.3, -0.25) is 9.52 Å². The van der Waals surface area contributed by atoms with Gasteiger partial charge in [0.05, 0.1) is 17.7 Å². The van der Waals surface area contributed by atoms with Crippen LogP contribution in [0.5, 0.6) is 5.75 Å². The molecule has 0 aromatic heterocycles. The Hall–Kier alpha value is -2.54. The van der Waals surface area contributed by atoms with E-state index in [1.54, 1.807) is 30.3 Å². The van der Waals surface area contributed by atoms with E-state index in [1.807, 2.05) is 17.9 Å². The van der Waals surface area contributed by atoms with Crippen LogP contribution in [0.1, 0.15) is 36.8 Å². The molecular weight excluding hydrogens is 388 g/mol. The van der Waals surface area contributed by atoms with Gasteiger partial charge in [0.15, 0.2) is 0 Å². The largest absolute Gasteiger partial charge is 0.495 e. The van der Waals surface area contributed by atoms with E-state index in [0.717, 1.165) is 48.9 Å². The summed E-state index contributed by atoms with van der Waals surface area (Å²) in [4.78, 5) is 14.8. The molecule has 0 atom stereocenters. The van der Waals surface area contributed by atoms with Crippen LogP contribution in [0.2, 0.25) is 0 Å². The maximum atomic E-state index is 13.0. The fraction of sp³-hybridized carbons (Fsp3) is 0.409. The lowest BCUT2D eigenvalue weighted by Gasteiger charge is -2.35. The number of anilines is 2. The topological polar surface area (TPSA) is 75.7 Å². The van der Waals surface area contributed by atoms with Gasteiger partial charge in [-0.15, -0.1) is 0 Å². The number of sulfonamides is 1. The molecule has 1 amide bonds. The van der Waals surface area contributed by atoms with Crippen LogP contribution in [0.3, 0.4) is 0 Å². The summed E-state index contributed by atoms with van der Waals surface area (Å²) in [5, 5.41) is 0. The van der Waals surface area contributed by atoms with Crippen molar-refractivity contribution in [1.82, 2.24) is 0 Å². The lowest BCUT2D eigenvalue weighted by atomic mass is 9.83. The molecule has 1 saturated carbocycles. The van der Waals surface area contributed by atoms with Crippen molar-refractivity contribution in [3.05, 3.63) is 47.5 Å². The van der Waals surface area contributed by atoms with Crippen molar-refractivity contribution in [2.45, 2.75) is 43.9 Å². The van der Waals surface area contributed by atoms with Crippen molar-refractivity contribution in [3.63, 3.8) is 0 Å². The van der Waals surface area contributed by atoms with Crippen molar-refractivity contribution in [3.8, 4) is 5.75 Å². The van der Waals surface area contributed by atoms with Crippen LogP contribution in [0.25, 0.3) is 0 Å². The van der Waals surface area contributed by atoms with E-state index in [9.17, 15) is 13.2 Å². The van der Waals surface area contributed by atoms with Crippen LogP contribution >= 0.6 is 0 Å². The highest BCUT2D eigenvalue weighted by Gasteiger charge is 2.32. The Morgan fingerprint density at radius 3 is 2.62 bits per heavy atom. The molecule has 2 aliphatic rings. The first-order chi connectivity index (χ1) is 13.9.